The van der Waals surface area contributed by atoms with Gasteiger partial charge in [-0.15, -0.1) is 24.0 Å². The molecule has 20 heavy (non-hydrogen) atoms. The highest BCUT2D eigenvalue weighted by Gasteiger charge is 2.16. The van der Waals surface area contributed by atoms with E-state index in [0.717, 1.165) is 38.8 Å². The van der Waals surface area contributed by atoms with Crippen molar-refractivity contribution in [1.82, 2.24) is 15.5 Å². The topological polar surface area (TPSA) is 48.9 Å². The van der Waals surface area contributed by atoms with E-state index in [4.69, 9.17) is 4.74 Å². The van der Waals surface area contributed by atoms with Crippen molar-refractivity contribution in [2.24, 2.45) is 10.9 Å². The Balaban J connectivity index is 0.00000361. The van der Waals surface area contributed by atoms with Crippen molar-refractivity contribution < 1.29 is 4.74 Å². The van der Waals surface area contributed by atoms with E-state index in [1.54, 1.807) is 0 Å². The number of likely N-dealkylation sites (tertiary alicyclic amines) is 1. The van der Waals surface area contributed by atoms with Gasteiger partial charge in [-0.05, 0) is 46.2 Å². The lowest BCUT2D eigenvalue weighted by Crippen LogP contribution is -2.40. The van der Waals surface area contributed by atoms with E-state index in [9.17, 15) is 0 Å². The molecule has 0 bridgehead atoms. The van der Waals surface area contributed by atoms with E-state index in [0.29, 0.717) is 5.92 Å². The normalized spacial score (nSPS) is 20.4. The minimum absolute atomic E-state index is 0. The third-order valence-electron chi connectivity index (χ3n) is 3.32. The molecule has 1 fully saturated rings. The van der Waals surface area contributed by atoms with Gasteiger partial charge in [-0.3, -0.25) is 4.99 Å². The molecule has 0 radical (unpaired) electrons. The van der Waals surface area contributed by atoms with Crippen LogP contribution in [0.1, 0.15) is 26.7 Å². The number of rotatable bonds is 7. The molecule has 0 aromatic carbocycles. The van der Waals surface area contributed by atoms with Crippen molar-refractivity contribution in [3.8, 4) is 0 Å². The summed E-state index contributed by atoms with van der Waals surface area (Å²) >= 11 is 0. The van der Waals surface area contributed by atoms with Crippen molar-refractivity contribution >= 4 is 29.9 Å². The summed E-state index contributed by atoms with van der Waals surface area (Å²) in [6, 6.07) is 0. The van der Waals surface area contributed by atoms with Crippen LogP contribution >= 0.6 is 24.0 Å². The molecule has 1 saturated heterocycles. The van der Waals surface area contributed by atoms with E-state index in [-0.39, 0.29) is 24.0 Å². The van der Waals surface area contributed by atoms with Gasteiger partial charge < -0.3 is 20.3 Å². The van der Waals surface area contributed by atoms with Crippen LogP contribution in [0, 0.1) is 5.92 Å². The molecule has 0 aliphatic carbocycles. The van der Waals surface area contributed by atoms with Crippen LogP contribution in [0.5, 0.6) is 0 Å². The molecule has 0 spiro atoms. The fourth-order valence-corrected chi connectivity index (χ4v) is 2.37. The Morgan fingerprint density at radius 3 is 2.80 bits per heavy atom. The molecule has 1 aliphatic heterocycles. The quantitative estimate of drug-likeness (QED) is 0.296. The average molecular weight is 398 g/mol. The van der Waals surface area contributed by atoms with Gasteiger partial charge in [0.1, 0.15) is 0 Å². The van der Waals surface area contributed by atoms with Crippen LogP contribution in [-0.4, -0.2) is 63.8 Å². The first-order valence-electron chi connectivity index (χ1n) is 7.54. The number of halogens is 1. The Hall–Kier alpha value is -0.0800. The standard InChI is InChI=1S/C14H30N4O.HI/c1-4-15-14(16-8-10-19-5-2)17-11-13-7-6-9-18(3)12-13;/h13H,4-12H2,1-3H3,(H2,15,16,17);1H. The predicted molar refractivity (Wildman–Crippen MR) is 96.1 cm³/mol. The number of nitrogens with zero attached hydrogens (tertiary/aromatic N) is 2. The second-order valence-electron chi connectivity index (χ2n) is 5.11. The third kappa shape index (κ3) is 8.97. The first-order valence-corrected chi connectivity index (χ1v) is 7.54. The van der Waals surface area contributed by atoms with Crippen LogP contribution in [0.15, 0.2) is 4.99 Å². The summed E-state index contributed by atoms with van der Waals surface area (Å²) < 4.78 is 5.32. The molecule has 1 rings (SSSR count). The maximum absolute atomic E-state index is 5.32. The zero-order valence-electron chi connectivity index (χ0n) is 13.2. The maximum Gasteiger partial charge on any atom is 0.191 e. The second-order valence-corrected chi connectivity index (χ2v) is 5.11. The number of hydrogen-bond donors (Lipinski definition) is 2. The molecule has 1 aliphatic rings. The summed E-state index contributed by atoms with van der Waals surface area (Å²) in [5, 5.41) is 6.59. The first-order chi connectivity index (χ1) is 9.26. The van der Waals surface area contributed by atoms with Crippen LogP contribution < -0.4 is 10.6 Å². The third-order valence-corrected chi connectivity index (χ3v) is 3.32. The minimum Gasteiger partial charge on any atom is -0.380 e. The molecular weight excluding hydrogens is 367 g/mol. The molecule has 6 heteroatoms. The summed E-state index contributed by atoms with van der Waals surface area (Å²) in [6.45, 7) is 10.6. The van der Waals surface area contributed by atoms with Gasteiger partial charge >= 0.3 is 0 Å². The lowest BCUT2D eigenvalue weighted by molar-refractivity contribution is 0.152. The van der Waals surface area contributed by atoms with Gasteiger partial charge in [0.25, 0.3) is 0 Å². The highest BCUT2D eigenvalue weighted by molar-refractivity contribution is 14.0. The SMILES string of the molecule is CCNC(=NCC1CCCN(C)C1)NCCOCC.I. The lowest BCUT2D eigenvalue weighted by atomic mass is 9.99. The molecule has 0 aromatic rings. The Morgan fingerprint density at radius 1 is 1.35 bits per heavy atom. The van der Waals surface area contributed by atoms with Gasteiger partial charge in [-0.25, -0.2) is 0 Å². The molecular formula is C14H31IN4O. The number of hydrogen-bond acceptors (Lipinski definition) is 3. The van der Waals surface area contributed by atoms with Gasteiger partial charge in [0.2, 0.25) is 0 Å². The van der Waals surface area contributed by atoms with E-state index < -0.39 is 0 Å². The minimum atomic E-state index is 0. The van der Waals surface area contributed by atoms with Crippen LogP contribution in [0.4, 0.5) is 0 Å². The zero-order chi connectivity index (χ0) is 13.9. The molecule has 120 valence electrons. The van der Waals surface area contributed by atoms with Crippen LogP contribution in [0.2, 0.25) is 0 Å². The zero-order valence-corrected chi connectivity index (χ0v) is 15.5. The van der Waals surface area contributed by atoms with E-state index in [1.807, 2.05) is 6.92 Å². The van der Waals surface area contributed by atoms with Crippen LogP contribution in [-0.2, 0) is 4.74 Å². The number of aliphatic imine (C=N–C) groups is 1. The van der Waals surface area contributed by atoms with Gasteiger partial charge in [0, 0.05) is 32.8 Å². The van der Waals surface area contributed by atoms with Crippen molar-refractivity contribution in [3.05, 3.63) is 0 Å². The monoisotopic (exact) mass is 398 g/mol. The van der Waals surface area contributed by atoms with Crippen molar-refractivity contribution in [1.29, 1.82) is 0 Å². The summed E-state index contributed by atoms with van der Waals surface area (Å²) in [6.07, 6.45) is 2.59. The summed E-state index contributed by atoms with van der Waals surface area (Å²) in [7, 11) is 2.20. The number of ether oxygens (including phenoxy) is 1. The van der Waals surface area contributed by atoms with E-state index >= 15 is 0 Å². The second kappa shape index (κ2) is 12.6. The maximum atomic E-state index is 5.32. The van der Waals surface area contributed by atoms with Crippen LogP contribution in [0.3, 0.4) is 0 Å². The first kappa shape index (κ1) is 19.9. The molecule has 0 aromatic heterocycles. The van der Waals surface area contributed by atoms with Gasteiger partial charge in [-0.1, -0.05) is 0 Å². The van der Waals surface area contributed by atoms with Crippen molar-refractivity contribution in [2.45, 2.75) is 26.7 Å². The Labute approximate surface area is 140 Å². The fourth-order valence-electron chi connectivity index (χ4n) is 2.37. The van der Waals surface area contributed by atoms with Crippen molar-refractivity contribution in [2.75, 3.05) is 53.0 Å². The Kier molecular flexibility index (Phi) is 12.6. The fraction of sp³-hybridized carbons (Fsp3) is 0.929. The van der Waals surface area contributed by atoms with Gasteiger partial charge in [0.15, 0.2) is 5.96 Å². The van der Waals surface area contributed by atoms with E-state index in [1.165, 1.54) is 25.9 Å². The van der Waals surface area contributed by atoms with E-state index in [2.05, 4.69) is 34.5 Å². The smallest absolute Gasteiger partial charge is 0.191 e. The van der Waals surface area contributed by atoms with Crippen LogP contribution in [0.25, 0.3) is 0 Å². The molecule has 0 saturated carbocycles. The molecule has 1 heterocycles. The van der Waals surface area contributed by atoms with Gasteiger partial charge in [-0.2, -0.15) is 0 Å². The molecule has 5 nitrogen and oxygen atoms in total. The average Bonchev–Trinajstić information content (AvgIpc) is 2.41. The lowest BCUT2D eigenvalue weighted by Gasteiger charge is -2.28. The summed E-state index contributed by atoms with van der Waals surface area (Å²) in [4.78, 5) is 7.08. The Morgan fingerprint density at radius 2 is 2.15 bits per heavy atom. The molecule has 1 atom stereocenters. The molecule has 2 N–H and O–H groups in total. The number of guanidine groups is 1. The van der Waals surface area contributed by atoms with Gasteiger partial charge in [0.05, 0.1) is 6.61 Å². The molecule has 1 unspecified atom stereocenters. The largest absolute Gasteiger partial charge is 0.380 e. The predicted octanol–water partition coefficient (Wildman–Crippen LogP) is 1.54. The number of nitrogens with one attached hydrogen (secondary N) is 2. The summed E-state index contributed by atoms with van der Waals surface area (Å²) in [5.41, 5.74) is 0. The molecule has 0 amide bonds. The summed E-state index contributed by atoms with van der Waals surface area (Å²) in [5.74, 6) is 1.61. The number of piperidine rings is 1. The highest BCUT2D eigenvalue weighted by atomic mass is 127. The highest BCUT2D eigenvalue weighted by Crippen LogP contribution is 2.14. The Bertz CT molecular complexity index is 264. The van der Waals surface area contributed by atoms with Crippen molar-refractivity contribution in [3.63, 3.8) is 0 Å².